The Morgan fingerprint density at radius 3 is 2.88 bits per heavy atom. The van der Waals surface area contributed by atoms with Crippen LogP contribution in [0, 0.1) is 5.95 Å². The molecule has 0 aliphatic heterocycles. The lowest BCUT2D eigenvalue weighted by atomic mass is 9.92. The maximum absolute atomic E-state index is 13.6. The van der Waals surface area contributed by atoms with Crippen molar-refractivity contribution in [1.82, 2.24) is 19.5 Å². The predicted octanol–water partition coefficient (Wildman–Crippen LogP) is 3.61. The zero-order valence-electron chi connectivity index (χ0n) is 13.3. The van der Waals surface area contributed by atoms with Gasteiger partial charge in [0.15, 0.2) is 0 Å². The van der Waals surface area contributed by atoms with Crippen molar-refractivity contribution >= 4 is 28.6 Å². The summed E-state index contributed by atoms with van der Waals surface area (Å²) in [6.07, 6.45) is 5.82. The molecule has 1 aliphatic carbocycles. The van der Waals surface area contributed by atoms with Crippen LogP contribution in [0.3, 0.4) is 0 Å². The molecule has 0 aromatic carbocycles. The maximum atomic E-state index is 13.6. The first-order valence-corrected chi connectivity index (χ1v) is 8.44. The number of anilines is 1. The van der Waals surface area contributed by atoms with Crippen molar-refractivity contribution in [2.24, 2.45) is 0 Å². The number of nitrogens with one attached hydrogen (secondary N) is 1. The number of halogens is 2. The van der Waals surface area contributed by atoms with Crippen LogP contribution < -0.4 is 5.32 Å². The summed E-state index contributed by atoms with van der Waals surface area (Å²) < 4.78 is 15.9. The maximum Gasteiger partial charge on any atom is 0.222 e. The molecule has 1 aliphatic rings. The number of aryl methyl sites for hydroxylation is 1. The fraction of sp³-hybridized carbons (Fsp3) is 0.353. The first-order chi connectivity index (χ1) is 11.7. The van der Waals surface area contributed by atoms with Crippen molar-refractivity contribution in [2.75, 3.05) is 5.32 Å². The second-order valence-electron chi connectivity index (χ2n) is 5.98. The third-order valence-electron chi connectivity index (χ3n) is 4.54. The van der Waals surface area contributed by atoms with Crippen molar-refractivity contribution in [2.45, 2.75) is 38.8 Å². The number of aromatic nitrogens is 4. The zero-order valence-corrected chi connectivity index (χ0v) is 14.0. The van der Waals surface area contributed by atoms with Gasteiger partial charge in [0.1, 0.15) is 0 Å². The highest BCUT2D eigenvalue weighted by Gasteiger charge is 2.26. The minimum atomic E-state index is -0.435. The van der Waals surface area contributed by atoms with Crippen LogP contribution in [0.15, 0.2) is 24.5 Å². The third-order valence-corrected chi connectivity index (χ3v) is 4.74. The highest BCUT2D eigenvalue weighted by Crippen LogP contribution is 2.32. The van der Waals surface area contributed by atoms with Crippen LogP contribution in [-0.2, 0) is 19.4 Å². The van der Waals surface area contributed by atoms with Crippen LogP contribution in [0.2, 0.25) is 5.02 Å². The molecule has 1 atom stereocenters. The molecule has 24 heavy (non-hydrogen) atoms. The molecule has 1 unspecified atom stereocenters. The molecule has 3 heterocycles. The topological polar surface area (TPSA) is 55.6 Å². The quantitative estimate of drug-likeness (QED) is 0.737. The number of rotatable bonds is 3. The van der Waals surface area contributed by atoms with Gasteiger partial charge in [0.2, 0.25) is 11.9 Å². The van der Waals surface area contributed by atoms with Gasteiger partial charge in [0.25, 0.3) is 0 Å². The second kappa shape index (κ2) is 6.02. The smallest absolute Gasteiger partial charge is 0.222 e. The zero-order chi connectivity index (χ0) is 16.7. The van der Waals surface area contributed by atoms with Crippen molar-refractivity contribution in [3.63, 3.8) is 0 Å². The lowest BCUT2D eigenvalue weighted by molar-refractivity contribution is 0.575. The standard InChI is InChI=1S/C17H17ClFN5/c1-2-24-13-4-3-11(22-17-20-8-10(18)9-21-17)7-12(13)16-14(24)5-6-15(19)23-16/h5-6,8-9,11H,2-4,7H2,1H3,(H,20,21,22). The lowest BCUT2D eigenvalue weighted by Gasteiger charge is -2.24. The van der Waals surface area contributed by atoms with Gasteiger partial charge in [-0.2, -0.15) is 4.39 Å². The molecule has 0 radical (unpaired) electrons. The van der Waals surface area contributed by atoms with E-state index in [0.717, 1.165) is 42.4 Å². The molecule has 0 saturated heterocycles. The largest absolute Gasteiger partial charge is 0.351 e. The molecular formula is C17H17ClFN5. The summed E-state index contributed by atoms with van der Waals surface area (Å²) in [5.41, 5.74) is 4.17. The molecule has 7 heteroatoms. The van der Waals surface area contributed by atoms with E-state index >= 15 is 0 Å². The average Bonchev–Trinajstić information content (AvgIpc) is 2.89. The van der Waals surface area contributed by atoms with Gasteiger partial charge in [-0.15, -0.1) is 0 Å². The molecule has 124 valence electrons. The molecular weight excluding hydrogens is 329 g/mol. The van der Waals surface area contributed by atoms with E-state index in [4.69, 9.17) is 11.6 Å². The van der Waals surface area contributed by atoms with Gasteiger partial charge in [0.05, 0.1) is 28.4 Å². The van der Waals surface area contributed by atoms with Crippen molar-refractivity contribution in [3.05, 3.63) is 46.8 Å². The Labute approximate surface area is 143 Å². The number of hydrogen-bond donors (Lipinski definition) is 1. The second-order valence-corrected chi connectivity index (χ2v) is 6.42. The summed E-state index contributed by atoms with van der Waals surface area (Å²) >= 11 is 5.82. The van der Waals surface area contributed by atoms with Gasteiger partial charge in [-0.05, 0) is 38.3 Å². The highest BCUT2D eigenvalue weighted by atomic mass is 35.5. The molecule has 0 fully saturated rings. The summed E-state index contributed by atoms with van der Waals surface area (Å²) in [6.45, 7) is 2.96. The summed E-state index contributed by atoms with van der Waals surface area (Å²) in [7, 11) is 0. The number of pyridine rings is 1. The monoisotopic (exact) mass is 345 g/mol. The molecule has 5 nitrogen and oxygen atoms in total. The molecule has 1 N–H and O–H groups in total. The fourth-order valence-corrected chi connectivity index (χ4v) is 3.62. The van der Waals surface area contributed by atoms with E-state index < -0.39 is 5.95 Å². The Kier molecular flexibility index (Phi) is 3.84. The lowest BCUT2D eigenvalue weighted by Crippen LogP contribution is -2.28. The first kappa shape index (κ1) is 15.3. The number of nitrogens with zero attached hydrogens (tertiary/aromatic N) is 4. The van der Waals surface area contributed by atoms with Crippen molar-refractivity contribution in [3.8, 4) is 0 Å². The molecule has 0 saturated carbocycles. The molecule has 3 aromatic heterocycles. The first-order valence-electron chi connectivity index (χ1n) is 8.06. The van der Waals surface area contributed by atoms with Crippen LogP contribution in [0.5, 0.6) is 0 Å². The van der Waals surface area contributed by atoms with Gasteiger partial charge in [-0.3, -0.25) is 0 Å². The Morgan fingerprint density at radius 1 is 1.33 bits per heavy atom. The van der Waals surface area contributed by atoms with E-state index in [1.165, 1.54) is 11.8 Å². The van der Waals surface area contributed by atoms with Gasteiger partial charge in [-0.25, -0.2) is 15.0 Å². The van der Waals surface area contributed by atoms with Crippen molar-refractivity contribution < 1.29 is 4.39 Å². The minimum Gasteiger partial charge on any atom is -0.351 e. The van der Waals surface area contributed by atoms with Crippen molar-refractivity contribution in [1.29, 1.82) is 0 Å². The highest BCUT2D eigenvalue weighted by molar-refractivity contribution is 6.30. The molecule has 0 bridgehead atoms. The molecule has 4 rings (SSSR count). The number of hydrogen-bond acceptors (Lipinski definition) is 4. The Hall–Kier alpha value is -2.21. The van der Waals surface area contributed by atoms with Gasteiger partial charge in [0, 0.05) is 23.8 Å². The number of fused-ring (bicyclic) bond motifs is 3. The van der Waals surface area contributed by atoms with E-state index in [9.17, 15) is 4.39 Å². The van der Waals surface area contributed by atoms with Crippen LogP contribution in [-0.4, -0.2) is 25.6 Å². The predicted molar refractivity (Wildman–Crippen MR) is 91.8 cm³/mol. The fourth-order valence-electron chi connectivity index (χ4n) is 3.53. The SMILES string of the molecule is CCn1c2c(c3nc(F)ccc31)CC(Nc1ncc(Cl)cn1)CC2. The summed E-state index contributed by atoms with van der Waals surface area (Å²) in [4.78, 5) is 12.5. The van der Waals surface area contributed by atoms with E-state index in [1.54, 1.807) is 12.4 Å². The Bertz CT molecular complexity index is 890. The third kappa shape index (κ3) is 2.60. The molecule has 0 spiro atoms. The average molecular weight is 346 g/mol. The minimum absolute atomic E-state index is 0.194. The van der Waals surface area contributed by atoms with E-state index in [2.05, 4.69) is 31.8 Å². The van der Waals surface area contributed by atoms with E-state index in [0.29, 0.717) is 11.0 Å². The van der Waals surface area contributed by atoms with Gasteiger partial charge < -0.3 is 9.88 Å². The summed E-state index contributed by atoms with van der Waals surface area (Å²) in [5.74, 6) is 0.126. The van der Waals surface area contributed by atoms with Gasteiger partial charge >= 0.3 is 0 Å². The van der Waals surface area contributed by atoms with E-state index in [1.807, 2.05) is 6.07 Å². The van der Waals surface area contributed by atoms with Crippen LogP contribution in [0.4, 0.5) is 10.3 Å². The summed E-state index contributed by atoms with van der Waals surface area (Å²) in [6, 6.07) is 3.45. The van der Waals surface area contributed by atoms with Crippen LogP contribution >= 0.6 is 11.6 Å². The van der Waals surface area contributed by atoms with E-state index in [-0.39, 0.29) is 6.04 Å². The molecule has 0 amide bonds. The summed E-state index contributed by atoms with van der Waals surface area (Å²) in [5, 5.41) is 3.86. The van der Waals surface area contributed by atoms with Gasteiger partial charge in [-0.1, -0.05) is 11.6 Å². The Morgan fingerprint density at radius 2 is 2.12 bits per heavy atom. The Balaban J connectivity index is 1.67. The molecule has 3 aromatic rings. The normalized spacial score (nSPS) is 17.0. The van der Waals surface area contributed by atoms with Crippen LogP contribution in [0.25, 0.3) is 11.0 Å². The van der Waals surface area contributed by atoms with Crippen LogP contribution in [0.1, 0.15) is 24.6 Å².